The fraction of sp³-hybridized carbons (Fsp3) is 0.263. The molecule has 2 amide bonds. The van der Waals surface area contributed by atoms with Gasteiger partial charge in [-0.25, -0.2) is 12.8 Å². The van der Waals surface area contributed by atoms with E-state index in [-0.39, 0.29) is 17.0 Å². The summed E-state index contributed by atoms with van der Waals surface area (Å²) in [5.74, 6) is -1.95. The number of carbonyl (C=O) groups is 2. The van der Waals surface area contributed by atoms with Gasteiger partial charge < -0.3 is 10.6 Å². The molecule has 0 saturated carbocycles. The van der Waals surface area contributed by atoms with Crippen molar-refractivity contribution in [3.8, 4) is 0 Å². The van der Waals surface area contributed by atoms with Crippen LogP contribution < -0.4 is 10.6 Å². The predicted molar refractivity (Wildman–Crippen MR) is 102 cm³/mol. The highest BCUT2D eigenvalue weighted by Gasteiger charge is 2.27. The number of hydrogen-bond acceptors (Lipinski definition) is 4. The summed E-state index contributed by atoms with van der Waals surface area (Å²) in [6.45, 7) is 0.596. The van der Waals surface area contributed by atoms with E-state index in [9.17, 15) is 22.4 Å². The van der Waals surface area contributed by atoms with E-state index in [4.69, 9.17) is 0 Å². The van der Waals surface area contributed by atoms with Crippen LogP contribution in [-0.4, -0.2) is 44.2 Å². The van der Waals surface area contributed by atoms with E-state index >= 15 is 0 Å². The molecule has 3 rings (SSSR count). The van der Waals surface area contributed by atoms with Crippen LogP contribution in [0, 0.1) is 5.82 Å². The largest absolute Gasteiger partial charge is 0.343 e. The molecule has 0 bridgehead atoms. The fourth-order valence-electron chi connectivity index (χ4n) is 2.92. The van der Waals surface area contributed by atoms with E-state index in [2.05, 4.69) is 10.6 Å². The summed E-state index contributed by atoms with van der Waals surface area (Å²) < 4.78 is 40.2. The van der Waals surface area contributed by atoms with Gasteiger partial charge in [0.15, 0.2) is 0 Å². The maximum Gasteiger partial charge on any atom is 0.254 e. The fourth-order valence-corrected chi connectivity index (χ4v) is 4.48. The Balaban J connectivity index is 1.62. The predicted octanol–water partition coefficient (Wildman–Crippen LogP) is 1.98. The lowest BCUT2D eigenvalue weighted by atomic mass is 10.2. The average molecular weight is 405 g/mol. The molecule has 0 radical (unpaired) electrons. The number of carbonyl (C=O) groups excluding carboxylic acids is 2. The Labute approximate surface area is 162 Å². The summed E-state index contributed by atoms with van der Waals surface area (Å²) in [6, 6.07) is 11.4. The van der Waals surface area contributed by atoms with Crippen molar-refractivity contribution in [3.05, 3.63) is 59.9 Å². The van der Waals surface area contributed by atoms with Crippen molar-refractivity contribution < 1.29 is 22.4 Å². The van der Waals surface area contributed by atoms with E-state index in [0.717, 1.165) is 18.9 Å². The van der Waals surface area contributed by atoms with Gasteiger partial charge in [0.2, 0.25) is 15.9 Å². The highest BCUT2D eigenvalue weighted by Crippen LogP contribution is 2.23. The molecular formula is C19H20FN3O4S. The molecular weight excluding hydrogens is 385 g/mol. The zero-order valence-corrected chi connectivity index (χ0v) is 15.8. The van der Waals surface area contributed by atoms with Gasteiger partial charge in [-0.1, -0.05) is 18.2 Å². The minimum Gasteiger partial charge on any atom is -0.343 e. The summed E-state index contributed by atoms with van der Waals surface area (Å²) in [5.41, 5.74) is 0.138. The van der Waals surface area contributed by atoms with Gasteiger partial charge in [-0.3, -0.25) is 9.59 Å². The molecule has 1 aliphatic heterocycles. The lowest BCUT2D eigenvalue weighted by molar-refractivity contribution is -0.115. The molecule has 0 atom stereocenters. The maximum atomic E-state index is 13.6. The summed E-state index contributed by atoms with van der Waals surface area (Å²) in [5, 5.41) is 4.87. The molecule has 0 unspecified atom stereocenters. The molecule has 148 valence electrons. The van der Waals surface area contributed by atoms with E-state index in [1.54, 1.807) is 6.07 Å². The number of amides is 2. The first-order valence-corrected chi connectivity index (χ1v) is 10.2. The minimum absolute atomic E-state index is 0.0996. The molecule has 1 aliphatic rings. The summed E-state index contributed by atoms with van der Waals surface area (Å²) in [6.07, 6.45) is 1.66. The Kier molecular flexibility index (Phi) is 6.05. The first-order chi connectivity index (χ1) is 13.4. The Morgan fingerprint density at radius 3 is 2.46 bits per heavy atom. The van der Waals surface area contributed by atoms with Crippen molar-refractivity contribution in [3.63, 3.8) is 0 Å². The first kappa shape index (κ1) is 20.0. The monoisotopic (exact) mass is 405 g/mol. The molecule has 1 heterocycles. The van der Waals surface area contributed by atoms with Crippen molar-refractivity contribution >= 4 is 27.5 Å². The third-order valence-electron chi connectivity index (χ3n) is 4.35. The van der Waals surface area contributed by atoms with E-state index in [1.807, 2.05) is 0 Å². The van der Waals surface area contributed by atoms with Crippen LogP contribution in [-0.2, 0) is 14.8 Å². The van der Waals surface area contributed by atoms with Gasteiger partial charge >= 0.3 is 0 Å². The Bertz CT molecular complexity index is 988. The van der Waals surface area contributed by atoms with Gasteiger partial charge in [0.25, 0.3) is 5.91 Å². The molecule has 2 N–H and O–H groups in total. The number of anilines is 1. The smallest absolute Gasteiger partial charge is 0.254 e. The van der Waals surface area contributed by atoms with Gasteiger partial charge in [-0.05, 0) is 43.2 Å². The van der Waals surface area contributed by atoms with Crippen LogP contribution in [0.3, 0.4) is 0 Å². The molecule has 0 aliphatic carbocycles. The van der Waals surface area contributed by atoms with Gasteiger partial charge in [0.05, 0.1) is 17.0 Å². The van der Waals surface area contributed by atoms with Crippen molar-refractivity contribution in [2.75, 3.05) is 25.0 Å². The Morgan fingerprint density at radius 2 is 1.75 bits per heavy atom. The number of benzene rings is 2. The number of hydrogen-bond donors (Lipinski definition) is 2. The standard InChI is InChI=1S/C19H20FN3O4S/c20-17-9-2-1-8-16(17)19(25)21-13-18(24)22-14-6-5-7-15(12-14)28(26,27)23-10-3-4-11-23/h1-2,5-9,12H,3-4,10-11,13H2,(H,21,25)(H,22,24). The van der Waals surface area contributed by atoms with E-state index in [1.165, 1.54) is 40.7 Å². The molecule has 7 nitrogen and oxygen atoms in total. The van der Waals surface area contributed by atoms with E-state index < -0.39 is 27.7 Å². The van der Waals surface area contributed by atoms with Crippen LogP contribution in [0.25, 0.3) is 0 Å². The summed E-state index contributed by atoms with van der Waals surface area (Å²) >= 11 is 0. The Morgan fingerprint density at radius 1 is 1.04 bits per heavy atom. The van der Waals surface area contributed by atoms with Crippen LogP contribution in [0.5, 0.6) is 0 Å². The van der Waals surface area contributed by atoms with Crippen LogP contribution in [0.1, 0.15) is 23.2 Å². The highest BCUT2D eigenvalue weighted by atomic mass is 32.2. The molecule has 1 fully saturated rings. The van der Waals surface area contributed by atoms with Crippen LogP contribution >= 0.6 is 0 Å². The van der Waals surface area contributed by atoms with Crippen molar-refractivity contribution in [1.29, 1.82) is 0 Å². The Hall–Kier alpha value is -2.78. The summed E-state index contributed by atoms with van der Waals surface area (Å²) in [7, 11) is -3.59. The van der Waals surface area contributed by atoms with Gasteiger partial charge in [-0.2, -0.15) is 4.31 Å². The zero-order valence-electron chi connectivity index (χ0n) is 15.0. The zero-order chi connectivity index (χ0) is 20.1. The number of nitrogens with one attached hydrogen (secondary N) is 2. The molecule has 9 heteroatoms. The second kappa shape index (κ2) is 8.49. The first-order valence-electron chi connectivity index (χ1n) is 8.81. The molecule has 1 saturated heterocycles. The number of rotatable bonds is 6. The average Bonchev–Trinajstić information content (AvgIpc) is 3.22. The quantitative estimate of drug-likeness (QED) is 0.768. The number of sulfonamides is 1. The minimum atomic E-state index is -3.59. The number of halogens is 1. The van der Waals surface area contributed by atoms with Crippen LogP contribution in [0.4, 0.5) is 10.1 Å². The van der Waals surface area contributed by atoms with Crippen LogP contribution in [0.15, 0.2) is 53.4 Å². The van der Waals surface area contributed by atoms with Crippen LogP contribution in [0.2, 0.25) is 0 Å². The van der Waals surface area contributed by atoms with E-state index in [0.29, 0.717) is 18.8 Å². The number of nitrogens with zero attached hydrogens (tertiary/aromatic N) is 1. The lowest BCUT2D eigenvalue weighted by Crippen LogP contribution is -2.33. The van der Waals surface area contributed by atoms with Crippen molar-refractivity contribution in [1.82, 2.24) is 9.62 Å². The summed E-state index contributed by atoms with van der Waals surface area (Å²) in [4.78, 5) is 24.1. The van der Waals surface area contributed by atoms with Gasteiger partial charge in [0.1, 0.15) is 5.82 Å². The highest BCUT2D eigenvalue weighted by molar-refractivity contribution is 7.89. The van der Waals surface area contributed by atoms with Gasteiger partial charge in [0, 0.05) is 18.8 Å². The lowest BCUT2D eigenvalue weighted by Gasteiger charge is -2.16. The maximum absolute atomic E-state index is 13.6. The second-order valence-electron chi connectivity index (χ2n) is 6.35. The topological polar surface area (TPSA) is 95.6 Å². The normalized spacial score (nSPS) is 14.6. The molecule has 2 aromatic rings. The third-order valence-corrected chi connectivity index (χ3v) is 6.24. The second-order valence-corrected chi connectivity index (χ2v) is 8.29. The van der Waals surface area contributed by atoms with Crippen molar-refractivity contribution in [2.24, 2.45) is 0 Å². The molecule has 0 spiro atoms. The molecule has 28 heavy (non-hydrogen) atoms. The molecule has 2 aromatic carbocycles. The van der Waals surface area contributed by atoms with Crippen molar-refractivity contribution in [2.45, 2.75) is 17.7 Å². The SMILES string of the molecule is O=C(CNC(=O)c1ccccc1F)Nc1cccc(S(=O)(=O)N2CCCC2)c1. The third kappa shape index (κ3) is 4.55. The van der Waals surface area contributed by atoms with Gasteiger partial charge in [-0.15, -0.1) is 0 Å². The molecule has 0 aromatic heterocycles.